The van der Waals surface area contributed by atoms with Crippen molar-refractivity contribution in [3.63, 3.8) is 0 Å². The molecule has 0 spiro atoms. The Labute approximate surface area is 197 Å². The molecule has 1 atom stereocenters. The Morgan fingerprint density at radius 3 is 2.84 bits per heavy atom. The van der Waals surface area contributed by atoms with Crippen LogP contribution in [0.4, 0.5) is 5.00 Å². The minimum atomic E-state index is -0.332. The van der Waals surface area contributed by atoms with Crippen LogP contribution in [-0.4, -0.2) is 11.0 Å². The number of ether oxygens (including phenoxy) is 1. The Kier molecular flexibility index (Phi) is 6.84. The number of thiophene rings is 1. The zero-order chi connectivity index (χ0) is 22.5. The SMILES string of the molecule is C[C@H]1CCc2c(sc(NC(=S)NC(=O)c3cccc(OCc4ccccc4)c3)c2C#N)C1. The Balaban J connectivity index is 1.39. The third-order valence-corrected chi connectivity index (χ3v) is 6.80. The van der Waals surface area contributed by atoms with E-state index in [1.165, 1.54) is 4.88 Å². The molecule has 5 nitrogen and oxygen atoms in total. The number of rotatable bonds is 5. The Hall–Kier alpha value is -3.21. The number of fused-ring (bicyclic) bond motifs is 1. The van der Waals surface area contributed by atoms with Crippen LogP contribution in [0.1, 0.15) is 45.3 Å². The van der Waals surface area contributed by atoms with Crippen LogP contribution in [0.25, 0.3) is 0 Å². The van der Waals surface area contributed by atoms with Gasteiger partial charge in [0.05, 0.1) is 5.56 Å². The van der Waals surface area contributed by atoms with E-state index in [9.17, 15) is 10.1 Å². The van der Waals surface area contributed by atoms with Crippen LogP contribution < -0.4 is 15.4 Å². The fourth-order valence-corrected chi connectivity index (χ4v) is 5.36. The number of carbonyl (C=O) groups is 1. The molecule has 0 fully saturated rings. The van der Waals surface area contributed by atoms with E-state index < -0.39 is 0 Å². The van der Waals surface area contributed by atoms with Crippen molar-refractivity contribution in [2.45, 2.75) is 32.8 Å². The summed E-state index contributed by atoms with van der Waals surface area (Å²) in [4.78, 5) is 13.9. The number of benzene rings is 2. The van der Waals surface area contributed by atoms with Crippen LogP contribution >= 0.6 is 23.6 Å². The zero-order valence-electron chi connectivity index (χ0n) is 17.7. The van der Waals surface area contributed by atoms with Gasteiger partial charge in [-0.2, -0.15) is 5.26 Å². The van der Waals surface area contributed by atoms with E-state index in [4.69, 9.17) is 17.0 Å². The van der Waals surface area contributed by atoms with Crippen molar-refractivity contribution in [3.8, 4) is 11.8 Å². The van der Waals surface area contributed by atoms with Crippen molar-refractivity contribution in [2.75, 3.05) is 5.32 Å². The number of carbonyl (C=O) groups excluding carboxylic acids is 1. The molecule has 7 heteroatoms. The van der Waals surface area contributed by atoms with E-state index in [1.807, 2.05) is 36.4 Å². The second-order valence-electron chi connectivity index (χ2n) is 7.88. The fraction of sp³-hybridized carbons (Fsp3) is 0.240. The molecule has 0 unspecified atom stereocenters. The molecule has 2 aromatic carbocycles. The second kappa shape index (κ2) is 9.94. The van der Waals surface area contributed by atoms with Gasteiger partial charge in [0.15, 0.2) is 5.11 Å². The van der Waals surface area contributed by atoms with Gasteiger partial charge in [0, 0.05) is 10.4 Å². The molecule has 0 saturated carbocycles. The summed E-state index contributed by atoms with van der Waals surface area (Å²) in [6.45, 7) is 2.65. The molecular weight excluding hydrogens is 438 g/mol. The van der Waals surface area contributed by atoms with Gasteiger partial charge in [-0.1, -0.05) is 43.3 Å². The second-order valence-corrected chi connectivity index (χ2v) is 9.39. The highest BCUT2D eigenvalue weighted by atomic mass is 32.1. The summed E-state index contributed by atoms with van der Waals surface area (Å²) in [5.74, 6) is 0.886. The number of nitriles is 1. The number of nitrogens with zero attached hydrogens (tertiary/aromatic N) is 1. The molecule has 1 heterocycles. The molecule has 1 aliphatic carbocycles. The summed E-state index contributed by atoms with van der Waals surface area (Å²) in [6.07, 6.45) is 2.97. The van der Waals surface area contributed by atoms with Crippen LogP contribution in [0.15, 0.2) is 54.6 Å². The normalized spacial score (nSPS) is 14.7. The van der Waals surface area contributed by atoms with Gasteiger partial charge >= 0.3 is 0 Å². The number of hydrogen-bond donors (Lipinski definition) is 2. The number of nitrogens with one attached hydrogen (secondary N) is 2. The van der Waals surface area contributed by atoms with Gasteiger partial charge in [0.1, 0.15) is 23.4 Å². The summed E-state index contributed by atoms with van der Waals surface area (Å²) in [7, 11) is 0. The first-order valence-corrected chi connectivity index (χ1v) is 11.7. The molecule has 2 N–H and O–H groups in total. The zero-order valence-corrected chi connectivity index (χ0v) is 19.3. The molecule has 0 bridgehead atoms. The van der Waals surface area contributed by atoms with Gasteiger partial charge in [0.2, 0.25) is 0 Å². The predicted molar refractivity (Wildman–Crippen MR) is 131 cm³/mol. The maximum atomic E-state index is 12.7. The average molecular weight is 462 g/mol. The summed E-state index contributed by atoms with van der Waals surface area (Å²) < 4.78 is 5.81. The van der Waals surface area contributed by atoms with E-state index in [0.717, 1.165) is 30.4 Å². The maximum Gasteiger partial charge on any atom is 0.257 e. The average Bonchev–Trinajstić information content (AvgIpc) is 3.14. The van der Waals surface area contributed by atoms with E-state index in [1.54, 1.807) is 29.5 Å². The van der Waals surface area contributed by atoms with Gasteiger partial charge in [-0.15, -0.1) is 11.3 Å². The highest BCUT2D eigenvalue weighted by Gasteiger charge is 2.24. The molecule has 1 amide bonds. The van der Waals surface area contributed by atoms with Crippen molar-refractivity contribution in [2.24, 2.45) is 5.92 Å². The third-order valence-electron chi connectivity index (χ3n) is 5.42. The van der Waals surface area contributed by atoms with Crippen LogP contribution in [-0.2, 0) is 19.4 Å². The minimum Gasteiger partial charge on any atom is -0.489 e. The van der Waals surface area contributed by atoms with Gasteiger partial charge in [0.25, 0.3) is 5.91 Å². The fourth-order valence-electron chi connectivity index (χ4n) is 3.73. The predicted octanol–water partition coefficient (Wildman–Crippen LogP) is 5.45. The quantitative estimate of drug-likeness (QED) is 0.494. The largest absolute Gasteiger partial charge is 0.489 e. The van der Waals surface area contributed by atoms with Gasteiger partial charge < -0.3 is 10.1 Å². The molecule has 0 saturated heterocycles. The van der Waals surface area contributed by atoms with E-state index >= 15 is 0 Å². The molecule has 162 valence electrons. The maximum absolute atomic E-state index is 12.7. The topological polar surface area (TPSA) is 74.2 Å². The van der Waals surface area contributed by atoms with Crippen molar-refractivity contribution in [1.29, 1.82) is 5.26 Å². The lowest BCUT2D eigenvalue weighted by Crippen LogP contribution is -2.34. The highest BCUT2D eigenvalue weighted by molar-refractivity contribution is 7.80. The number of thiocarbonyl (C=S) groups is 1. The van der Waals surface area contributed by atoms with E-state index in [-0.39, 0.29) is 11.0 Å². The van der Waals surface area contributed by atoms with Gasteiger partial charge in [-0.05, 0) is 66.7 Å². The van der Waals surface area contributed by atoms with Crippen molar-refractivity contribution in [1.82, 2.24) is 5.32 Å². The molecule has 1 aromatic heterocycles. The summed E-state index contributed by atoms with van der Waals surface area (Å²) in [6, 6.07) is 19.1. The molecule has 32 heavy (non-hydrogen) atoms. The standard InChI is InChI=1S/C25H23N3O2S2/c1-16-10-11-20-21(14-26)24(32-22(20)12-16)28-25(31)27-23(29)18-8-5-9-19(13-18)30-15-17-6-3-2-4-7-17/h2-9,13,16H,10-12,15H2,1H3,(H2,27,28,29,31)/t16-/m0/s1. The number of amides is 1. The Bertz CT molecular complexity index is 1180. The van der Waals surface area contributed by atoms with Gasteiger partial charge in [-0.25, -0.2) is 0 Å². The highest BCUT2D eigenvalue weighted by Crippen LogP contribution is 2.39. The molecular formula is C25H23N3O2S2. The van der Waals surface area contributed by atoms with Crippen molar-refractivity contribution in [3.05, 3.63) is 81.7 Å². The van der Waals surface area contributed by atoms with Crippen LogP contribution in [0.3, 0.4) is 0 Å². The third kappa shape index (κ3) is 5.16. The summed E-state index contributed by atoms with van der Waals surface area (Å²) in [5.41, 5.74) is 3.26. The van der Waals surface area contributed by atoms with Gasteiger partial charge in [-0.3, -0.25) is 10.1 Å². The minimum absolute atomic E-state index is 0.175. The van der Waals surface area contributed by atoms with Crippen LogP contribution in [0, 0.1) is 17.2 Å². The van der Waals surface area contributed by atoms with Crippen molar-refractivity contribution < 1.29 is 9.53 Å². The Morgan fingerprint density at radius 2 is 2.06 bits per heavy atom. The lowest BCUT2D eigenvalue weighted by atomic mass is 9.89. The molecule has 1 aliphatic rings. The lowest BCUT2D eigenvalue weighted by Gasteiger charge is -2.17. The van der Waals surface area contributed by atoms with Crippen LogP contribution in [0.2, 0.25) is 0 Å². The van der Waals surface area contributed by atoms with E-state index in [2.05, 4.69) is 23.6 Å². The number of hydrogen-bond acceptors (Lipinski definition) is 5. The lowest BCUT2D eigenvalue weighted by molar-refractivity contribution is 0.0977. The van der Waals surface area contributed by atoms with Crippen molar-refractivity contribution >= 4 is 39.6 Å². The first kappa shape index (κ1) is 22.0. The smallest absolute Gasteiger partial charge is 0.257 e. The molecule has 3 aromatic rings. The van der Waals surface area contributed by atoms with Crippen LogP contribution in [0.5, 0.6) is 5.75 Å². The van der Waals surface area contributed by atoms with E-state index in [0.29, 0.717) is 34.4 Å². The monoisotopic (exact) mass is 461 g/mol. The summed E-state index contributed by atoms with van der Waals surface area (Å²) in [5, 5.41) is 16.3. The molecule has 4 rings (SSSR count). The first-order chi connectivity index (χ1) is 15.5. The summed E-state index contributed by atoms with van der Waals surface area (Å²) >= 11 is 6.91. The number of anilines is 1. The first-order valence-electron chi connectivity index (χ1n) is 10.5. The Morgan fingerprint density at radius 1 is 1.25 bits per heavy atom. The molecule has 0 aliphatic heterocycles. The molecule has 0 radical (unpaired) electrons.